The number of hydrogen-bond acceptors (Lipinski definition) is 3. The Bertz CT molecular complexity index is 492. The van der Waals surface area contributed by atoms with Gasteiger partial charge in [0.15, 0.2) is 0 Å². The van der Waals surface area contributed by atoms with E-state index in [1.54, 1.807) is 7.11 Å². The first-order valence-corrected chi connectivity index (χ1v) is 8.34. The van der Waals surface area contributed by atoms with E-state index in [-0.39, 0.29) is 5.41 Å². The second-order valence-electron chi connectivity index (χ2n) is 7.02. The fourth-order valence-electron chi connectivity index (χ4n) is 3.26. The van der Waals surface area contributed by atoms with Crippen LogP contribution in [-0.2, 0) is 0 Å². The molecule has 0 heterocycles. The first-order chi connectivity index (χ1) is 9.83. The molecule has 21 heavy (non-hydrogen) atoms. The molecule has 0 aliphatic heterocycles. The lowest BCUT2D eigenvalue weighted by Crippen LogP contribution is -2.42. The Kier molecular flexibility index (Phi) is 5.01. The highest BCUT2D eigenvalue weighted by atomic mass is 79.9. The molecule has 2 rings (SSSR count). The molecule has 3 N–H and O–H groups in total. The van der Waals surface area contributed by atoms with E-state index in [0.717, 1.165) is 41.5 Å². The molecule has 1 aliphatic carbocycles. The Morgan fingerprint density at radius 1 is 1.29 bits per heavy atom. The maximum atomic E-state index is 11.0. The van der Waals surface area contributed by atoms with Crippen molar-refractivity contribution in [3.05, 3.63) is 28.2 Å². The van der Waals surface area contributed by atoms with Gasteiger partial charge in [0, 0.05) is 22.0 Å². The minimum absolute atomic E-state index is 0.246. The minimum atomic E-state index is -0.592. The van der Waals surface area contributed by atoms with Crippen LogP contribution < -0.4 is 10.5 Å². The normalized spacial score (nSPS) is 21.8. The van der Waals surface area contributed by atoms with Crippen molar-refractivity contribution in [3.63, 3.8) is 0 Å². The first kappa shape index (κ1) is 16.8. The third kappa shape index (κ3) is 3.43. The molecule has 1 atom stereocenters. The Morgan fingerprint density at radius 2 is 1.90 bits per heavy atom. The van der Waals surface area contributed by atoms with Crippen molar-refractivity contribution in [3.8, 4) is 5.75 Å². The number of benzene rings is 1. The number of hydrogen-bond donors (Lipinski definition) is 2. The van der Waals surface area contributed by atoms with Crippen LogP contribution in [0.4, 0.5) is 0 Å². The Labute approximate surface area is 136 Å². The average Bonchev–Trinajstić information content (AvgIpc) is 2.47. The lowest BCUT2D eigenvalue weighted by Gasteiger charge is -2.46. The quantitative estimate of drug-likeness (QED) is 0.856. The molecule has 4 heteroatoms. The summed E-state index contributed by atoms with van der Waals surface area (Å²) in [6, 6.07) is 5.76. The Morgan fingerprint density at radius 3 is 2.43 bits per heavy atom. The number of aliphatic hydroxyl groups excluding tert-OH is 1. The minimum Gasteiger partial charge on any atom is -0.496 e. The fourth-order valence-corrected chi connectivity index (χ4v) is 3.64. The van der Waals surface area contributed by atoms with E-state index in [0.29, 0.717) is 12.0 Å². The molecule has 0 amide bonds. The van der Waals surface area contributed by atoms with Crippen LogP contribution in [0.3, 0.4) is 0 Å². The first-order valence-electron chi connectivity index (χ1n) is 7.55. The smallest absolute Gasteiger partial charge is 0.124 e. The largest absolute Gasteiger partial charge is 0.496 e. The summed E-state index contributed by atoms with van der Waals surface area (Å²) in [5.74, 6) is 0.725. The average molecular weight is 356 g/mol. The maximum Gasteiger partial charge on any atom is 0.124 e. The van der Waals surface area contributed by atoms with E-state index in [9.17, 15) is 5.11 Å². The summed E-state index contributed by atoms with van der Waals surface area (Å²) >= 11 is 3.48. The Balaban J connectivity index is 2.33. The molecule has 1 aromatic carbocycles. The van der Waals surface area contributed by atoms with Crippen molar-refractivity contribution >= 4 is 15.9 Å². The van der Waals surface area contributed by atoms with E-state index < -0.39 is 6.10 Å². The van der Waals surface area contributed by atoms with Crippen LogP contribution in [-0.4, -0.2) is 18.8 Å². The monoisotopic (exact) mass is 355 g/mol. The standard InChI is InChI=1S/C17H26BrNO2/c1-16(2)6-8-17(11-19,9-7-16)15(20)13-10-12(18)4-5-14(13)21-3/h4-5,10,15,20H,6-9,11,19H2,1-3H3. The van der Waals surface area contributed by atoms with E-state index in [4.69, 9.17) is 10.5 Å². The lowest BCUT2D eigenvalue weighted by atomic mass is 9.62. The van der Waals surface area contributed by atoms with Gasteiger partial charge in [0.1, 0.15) is 5.75 Å². The molecule has 0 spiro atoms. The van der Waals surface area contributed by atoms with Crippen LogP contribution in [0.15, 0.2) is 22.7 Å². The fraction of sp³-hybridized carbons (Fsp3) is 0.647. The molecular weight excluding hydrogens is 330 g/mol. The predicted octanol–water partition coefficient (Wildman–Crippen LogP) is 4.04. The highest BCUT2D eigenvalue weighted by Gasteiger charge is 2.43. The zero-order chi connectivity index (χ0) is 15.7. The van der Waals surface area contributed by atoms with Gasteiger partial charge in [0.2, 0.25) is 0 Å². The van der Waals surface area contributed by atoms with Gasteiger partial charge in [-0.2, -0.15) is 0 Å². The van der Waals surface area contributed by atoms with Crippen molar-refractivity contribution in [2.24, 2.45) is 16.6 Å². The van der Waals surface area contributed by atoms with Crippen LogP contribution in [0.2, 0.25) is 0 Å². The maximum absolute atomic E-state index is 11.0. The molecule has 1 fully saturated rings. The van der Waals surface area contributed by atoms with Gasteiger partial charge in [0.25, 0.3) is 0 Å². The van der Waals surface area contributed by atoms with E-state index in [1.165, 1.54) is 0 Å². The van der Waals surface area contributed by atoms with Gasteiger partial charge in [0.05, 0.1) is 13.2 Å². The van der Waals surface area contributed by atoms with Gasteiger partial charge in [-0.1, -0.05) is 29.8 Å². The summed E-state index contributed by atoms with van der Waals surface area (Å²) in [5, 5.41) is 11.0. The molecule has 0 bridgehead atoms. The van der Waals surface area contributed by atoms with Gasteiger partial charge in [-0.05, 0) is 49.3 Å². The molecule has 0 aromatic heterocycles. The molecule has 1 aliphatic rings. The molecular formula is C17H26BrNO2. The topological polar surface area (TPSA) is 55.5 Å². The summed E-state index contributed by atoms with van der Waals surface area (Å²) in [6.45, 7) is 5.08. The number of methoxy groups -OCH3 is 1. The van der Waals surface area contributed by atoms with Crippen LogP contribution in [0, 0.1) is 10.8 Å². The van der Waals surface area contributed by atoms with Gasteiger partial charge >= 0.3 is 0 Å². The predicted molar refractivity (Wildman–Crippen MR) is 89.4 cm³/mol. The van der Waals surface area contributed by atoms with Crippen molar-refractivity contribution in [2.45, 2.75) is 45.6 Å². The lowest BCUT2D eigenvalue weighted by molar-refractivity contribution is -0.0246. The van der Waals surface area contributed by atoms with Crippen LogP contribution in [0.5, 0.6) is 5.75 Å². The van der Waals surface area contributed by atoms with Crippen molar-refractivity contribution in [2.75, 3.05) is 13.7 Å². The van der Waals surface area contributed by atoms with Crippen LogP contribution >= 0.6 is 15.9 Å². The number of halogens is 1. The number of rotatable bonds is 4. The van der Waals surface area contributed by atoms with Crippen LogP contribution in [0.25, 0.3) is 0 Å². The van der Waals surface area contributed by atoms with Crippen molar-refractivity contribution in [1.82, 2.24) is 0 Å². The third-order valence-corrected chi connectivity index (χ3v) is 5.57. The molecule has 1 saturated carbocycles. The zero-order valence-corrected chi connectivity index (χ0v) is 14.7. The molecule has 1 aromatic rings. The van der Waals surface area contributed by atoms with Gasteiger partial charge in [-0.15, -0.1) is 0 Å². The number of aliphatic hydroxyl groups is 1. The van der Waals surface area contributed by atoms with Crippen LogP contribution in [0.1, 0.15) is 51.2 Å². The SMILES string of the molecule is COc1ccc(Br)cc1C(O)C1(CN)CCC(C)(C)CC1. The van der Waals surface area contributed by atoms with Gasteiger partial charge < -0.3 is 15.6 Å². The summed E-state index contributed by atoms with van der Waals surface area (Å²) in [5.41, 5.74) is 7.01. The highest BCUT2D eigenvalue weighted by Crippen LogP contribution is 2.52. The van der Waals surface area contributed by atoms with Crippen molar-refractivity contribution < 1.29 is 9.84 Å². The van der Waals surface area contributed by atoms with E-state index in [1.807, 2.05) is 18.2 Å². The second-order valence-corrected chi connectivity index (χ2v) is 7.94. The van der Waals surface area contributed by atoms with E-state index >= 15 is 0 Å². The van der Waals surface area contributed by atoms with Crippen molar-refractivity contribution in [1.29, 1.82) is 0 Å². The second kappa shape index (κ2) is 6.27. The highest BCUT2D eigenvalue weighted by molar-refractivity contribution is 9.10. The molecule has 0 saturated heterocycles. The molecule has 1 unspecified atom stereocenters. The molecule has 0 radical (unpaired) electrons. The summed E-state index contributed by atoms with van der Waals surface area (Å²) in [6.07, 6.45) is 3.50. The summed E-state index contributed by atoms with van der Waals surface area (Å²) < 4.78 is 6.37. The van der Waals surface area contributed by atoms with Gasteiger partial charge in [-0.25, -0.2) is 0 Å². The van der Waals surface area contributed by atoms with Gasteiger partial charge in [-0.3, -0.25) is 0 Å². The summed E-state index contributed by atoms with van der Waals surface area (Å²) in [7, 11) is 1.64. The van der Waals surface area contributed by atoms with E-state index in [2.05, 4.69) is 29.8 Å². The third-order valence-electron chi connectivity index (χ3n) is 5.07. The summed E-state index contributed by atoms with van der Waals surface area (Å²) in [4.78, 5) is 0. The molecule has 118 valence electrons. The number of nitrogens with two attached hydrogens (primary N) is 1. The zero-order valence-electron chi connectivity index (χ0n) is 13.2. The number of ether oxygens (including phenoxy) is 1. The molecule has 3 nitrogen and oxygen atoms in total. The Hall–Kier alpha value is -0.580.